The van der Waals surface area contributed by atoms with Gasteiger partial charge in [-0.05, 0) is 34.1 Å². The minimum absolute atomic E-state index is 0.0704. The lowest BCUT2D eigenvalue weighted by molar-refractivity contribution is 0.0696. The lowest BCUT2D eigenvalue weighted by Gasteiger charge is -2.00. The third-order valence-electron chi connectivity index (χ3n) is 1.37. The molecule has 70 valence electrons. The standard InChI is InChI=1S/C7H5BrO4S/c8-5-3-4(7(9)10)1-2-6(5)13(11)12/h1-3H,(H,9,10)(H,11,12). The molecule has 1 aromatic carbocycles. The average Bonchev–Trinajstić information content (AvgIpc) is 2.03. The highest BCUT2D eigenvalue weighted by atomic mass is 79.9. The molecule has 6 heteroatoms. The van der Waals surface area contributed by atoms with E-state index in [2.05, 4.69) is 15.9 Å². The summed E-state index contributed by atoms with van der Waals surface area (Å²) in [5.74, 6) is -1.07. The zero-order valence-corrected chi connectivity index (χ0v) is 8.63. The maximum atomic E-state index is 10.6. The molecule has 2 N–H and O–H groups in total. The summed E-state index contributed by atoms with van der Waals surface area (Å²) in [4.78, 5) is 10.6. The second kappa shape index (κ2) is 3.99. The topological polar surface area (TPSA) is 74.6 Å². The Bertz CT molecular complexity index is 377. The molecule has 4 nitrogen and oxygen atoms in total. The van der Waals surface area contributed by atoms with Crippen molar-refractivity contribution >= 4 is 33.0 Å². The van der Waals surface area contributed by atoms with Crippen LogP contribution < -0.4 is 0 Å². The van der Waals surface area contributed by atoms with Crippen molar-refractivity contribution < 1.29 is 18.7 Å². The zero-order chi connectivity index (χ0) is 10.0. The molecule has 0 aliphatic carbocycles. The molecule has 0 fully saturated rings. The zero-order valence-electron chi connectivity index (χ0n) is 6.23. The van der Waals surface area contributed by atoms with Crippen LogP contribution in [0.5, 0.6) is 0 Å². The van der Waals surface area contributed by atoms with Gasteiger partial charge in [-0.3, -0.25) is 0 Å². The van der Waals surface area contributed by atoms with Crippen molar-refractivity contribution in [3.8, 4) is 0 Å². The number of halogens is 1. The summed E-state index contributed by atoms with van der Waals surface area (Å²) in [5, 5.41) is 8.58. The third-order valence-corrected chi connectivity index (χ3v) is 3.02. The quantitative estimate of drug-likeness (QED) is 0.798. The van der Waals surface area contributed by atoms with Gasteiger partial charge in [0.2, 0.25) is 0 Å². The molecule has 0 aliphatic heterocycles. The van der Waals surface area contributed by atoms with Crippen LogP contribution in [-0.4, -0.2) is 19.8 Å². The summed E-state index contributed by atoms with van der Waals surface area (Å²) in [5.41, 5.74) is 0.0704. The first-order valence-corrected chi connectivity index (χ1v) is 5.06. The fourth-order valence-corrected chi connectivity index (χ4v) is 1.98. The summed E-state index contributed by atoms with van der Waals surface area (Å²) in [6.07, 6.45) is 0. The summed E-state index contributed by atoms with van der Waals surface area (Å²) >= 11 is 0.898. The van der Waals surface area contributed by atoms with Gasteiger partial charge in [-0.25, -0.2) is 9.00 Å². The first kappa shape index (κ1) is 10.4. The van der Waals surface area contributed by atoms with E-state index in [1.54, 1.807) is 0 Å². The summed E-state index contributed by atoms with van der Waals surface area (Å²) in [7, 11) is 0. The molecule has 0 bridgehead atoms. The van der Waals surface area contributed by atoms with Crippen molar-refractivity contribution in [2.75, 3.05) is 0 Å². The Balaban J connectivity index is 3.20. The molecule has 0 saturated heterocycles. The Labute approximate surface area is 85.0 Å². The van der Waals surface area contributed by atoms with Crippen LogP contribution in [0.15, 0.2) is 27.6 Å². The van der Waals surface area contributed by atoms with Crippen molar-refractivity contribution in [3.05, 3.63) is 28.2 Å². The predicted molar refractivity (Wildman–Crippen MR) is 50.1 cm³/mol. The van der Waals surface area contributed by atoms with Gasteiger partial charge in [0.15, 0.2) is 11.1 Å². The van der Waals surface area contributed by atoms with Crippen LogP contribution in [0.3, 0.4) is 0 Å². The fourth-order valence-electron chi connectivity index (χ4n) is 0.775. The minimum atomic E-state index is -2.10. The Morgan fingerprint density at radius 2 is 2.08 bits per heavy atom. The van der Waals surface area contributed by atoms with Crippen molar-refractivity contribution in [3.63, 3.8) is 0 Å². The van der Waals surface area contributed by atoms with E-state index in [0.717, 1.165) is 0 Å². The normalized spacial score (nSPS) is 12.5. The minimum Gasteiger partial charge on any atom is -0.478 e. The first-order valence-electron chi connectivity index (χ1n) is 3.16. The van der Waals surface area contributed by atoms with Crippen LogP contribution in [0.2, 0.25) is 0 Å². The van der Waals surface area contributed by atoms with E-state index >= 15 is 0 Å². The highest BCUT2D eigenvalue weighted by Gasteiger charge is 2.09. The molecule has 13 heavy (non-hydrogen) atoms. The van der Waals surface area contributed by atoms with Gasteiger partial charge in [0.05, 0.1) is 10.5 Å². The van der Waals surface area contributed by atoms with Gasteiger partial charge in [-0.15, -0.1) is 0 Å². The van der Waals surface area contributed by atoms with Crippen LogP contribution in [0.25, 0.3) is 0 Å². The van der Waals surface area contributed by atoms with E-state index in [0.29, 0.717) is 4.47 Å². The van der Waals surface area contributed by atoms with Gasteiger partial charge in [-0.2, -0.15) is 0 Å². The molecule has 0 heterocycles. The van der Waals surface area contributed by atoms with Crippen LogP contribution in [0.4, 0.5) is 0 Å². The van der Waals surface area contributed by atoms with Gasteiger partial charge in [0.25, 0.3) is 0 Å². The molecule has 1 aromatic rings. The second-order valence-corrected chi connectivity index (χ2v) is 3.99. The van der Waals surface area contributed by atoms with Crippen LogP contribution in [0, 0.1) is 0 Å². The molecule has 0 saturated carbocycles. The van der Waals surface area contributed by atoms with E-state index in [9.17, 15) is 9.00 Å². The van der Waals surface area contributed by atoms with Crippen LogP contribution >= 0.6 is 15.9 Å². The van der Waals surface area contributed by atoms with Gasteiger partial charge >= 0.3 is 5.97 Å². The van der Waals surface area contributed by atoms with E-state index in [-0.39, 0.29) is 10.5 Å². The molecule has 1 atom stereocenters. The molecule has 1 unspecified atom stereocenters. The number of aromatic carboxylic acids is 1. The van der Waals surface area contributed by atoms with Crippen molar-refractivity contribution in [2.45, 2.75) is 4.90 Å². The number of benzene rings is 1. The van der Waals surface area contributed by atoms with Crippen molar-refractivity contribution in [1.82, 2.24) is 0 Å². The summed E-state index contributed by atoms with van der Waals surface area (Å²) < 4.78 is 19.7. The van der Waals surface area contributed by atoms with Gasteiger partial charge in [0, 0.05) is 4.47 Å². The monoisotopic (exact) mass is 264 g/mol. The van der Waals surface area contributed by atoms with Crippen molar-refractivity contribution in [1.29, 1.82) is 0 Å². The highest BCUT2D eigenvalue weighted by Crippen LogP contribution is 2.21. The average molecular weight is 265 g/mol. The first-order chi connectivity index (χ1) is 6.02. The number of rotatable bonds is 2. The second-order valence-electron chi connectivity index (χ2n) is 2.20. The summed E-state index contributed by atoms with van der Waals surface area (Å²) in [6, 6.07) is 3.85. The molecule has 0 radical (unpaired) electrons. The molecule has 1 rings (SSSR count). The number of carboxylic acids is 1. The fraction of sp³-hybridized carbons (Fsp3) is 0. The number of hydrogen-bond acceptors (Lipinski definition) is 2. The van der Waals surface area contributed by atoms with E-state index in [1.165, 1.54) is 18.2 Å². The predicted octanol–water partition coefficient (Wildman–Crippen LogP) is 1.73. The summed E-state index contributed by atoms with van der Waals surface area (Å²) in [6.45, 7) is 0. The van der Waals surface area contributed by atoms with Gasteiger partial charge in [0.1, 0.15) is 0 Å². The van der Waals surface area contributed by atoms with Crippen LogP contribution in [0.1, 0.15) is 10.4 Å². The number of carboxylic acid groups (broad SMARTS) is 1. The van der Waals surface area contributed by atoms with Gasteiger partial charge in [-0.1, -0.05) is 0 Å². The Hall–Kier alpha value is -0.720. The Morgan fingerprint density at radius 1 is 1.46 bits per heavy atom. The van der Waals surface area contributed by atoms with E-state index in [4.69, 9.17) is 9.66 Å². The lowest BCUT2D eigenvalue weighted by Crippen LogP contribution is -1.98. The molecule has 0 aromatic heterocycles. The highest BCUT2D eigenvalue weighted by molar-refractivity contribution is 9.10. The molecule has 0 spiro atoms. The Kier molecular flexibility index (Phi) is 3.18. The third kappa shape index (κ3) is 2.36. The Morgan fingerprint density at radius 3 is 2.46 bits per heavy atom. The number of hydrogen-bond donors (Lipinski definition) is 2. The molecule has 0 aliphatic rings. The maximum Gasteiger partial charge on any atom is 0.335 e. The van der Waals surface area contributed by atoms with Gasteiger partial charge < -0.3 is 9.66 Å². The van der Waals surface area contributed by atoms with E-state index < -0.39 is 17.0 Å². The lowest BCUT2D eigenvalue weighted by atomic mass is 10.2. The van der Waals surface area contributed by atoms with Crippen LogP contribution in [-0.2, 0) is 11.1 Å². The van der Waals surface area contributed by atoms with Crippen molar-refractivity contribution in [2.24, 2.45) is 0 Å². The molecule has 0 amide bonds. The molecular weight excluding hydrogens is 260 g/mol. The smallest absolute Gasteiger partial charge is 0.335 e. The maximum absolute atomic E-state index is 10.6. The number of carbonyl (C=O) groups is 1. The largest absolute Gasteiger partial charge is 0.478 e. The molecular formula is C7H5BrO4S. The van der Waals surface area contributed by atoms with E-state index in [1.807, 2.05) is 0 Å². The SMILES string of the molecule is O=C(O)c1ccc(S(=O)O)c(Br)c1.